The summed E-state index contributed by atoms with van der Waals surface area (Å²) in [5.41, 5.74) is 1.25. The van der Waals surface area contributed by atoms with Gasteiger partial charge in [0.2, 0.25) is 0 Å². The summed E-state index contributed by atoms with van der Waals surface area (Å²) < 4.78 is 6.62. The number of benzene rings is 1. The summed E-state index contributed by atoms with van der Waals surface area (Å²) in [7, 11) is 0. The average Bonchev–Trinajstić information content (AvgIpc) is 2.28. The highest BCUT2D eigenvalue weighted by Crippen LogP contribution is 2.15. The van der Waals surface area contributed by atoms with Crippen molar-refractivity contribution in [3.63, 3.8) is 0 Å². The number of halogens is 1. The Hall–Kier alpha value is -0.290. The Morgan fingerprint density at radius 2 is 2.00 bits per heavy atom. The molecule has 2 nitrogen and oxygen atoms in total. The quantitative estimate of drug-likeness (QED) is 0.392. The van der Waals surface area contributed by atoms with Gasteiger partial charge in [-0.25, -0.2) is 5.41 Å². The van der Waals surface area contributed by atoms with Gasteiger partial charge in [0.1, 0.15) is 0 Å². The first kappa shape index (κ1) is 14.7. The second-order valence-electron chi connectivity index (χ2n) is 2.71. The highest BCUT2D eigenvalue weighted by atomic mass is 127. The number of nitrogens with one attached hydrogen (secondary N) is 1. The molecule has 0 heterocycles. The maximum Gasteiger partial charge on any atom is 0.0797 e. The molecule has 15 heavy (non-hydrogen) atoms. The molecule has 4 heteroatoms. The van der Waals surface area contributed by atoms with E-state index in [1.165, 1.54) is 5.56 Å². The van der Waals surface area contributed by atoms with Crippen LogP contribution in [0.3, 0.4) is 0 Å². The van der Waals surface area contributed by atoms with Gasteiger partial charge < -0.3 is 4.74 Å². The van der Waals surface area contributed by atoms with Crippen molar-refractivity contribution in [2.45, 2.75) is 13.0 Å². The van der Waals surface area contributed by atoms with Gasteiger partial charge in [-0.15, -0.1) is 0 Å². The van der Waals surface area contributed by atoms with Crippen LogP contribution in [0.4, 0.5) is 0 Å². The van der Waals surface area contributed by atoms with Crippen molar-refractivity contribution in [3.05, 3.63) is 35.9 Å². The molecule has 0 saturated heterocycles. The van der Waals surface area contributed by atoms with Crippen LogP contribution < -0.4 is 0 Å². The lowest BCUT2D eigenvalue weighted by Gasteiger charge is -2.11. The van der Waals surface area contributed by atoms with E-state index in [-0.39, 0.29) is 6.10 Å². The van der Waals surface area contributed by atoms with Gasteiger partial charge in [0.25, 0.3) is 0 Å². The zero-order chi connectivity index (χ0) is 11.5. The van der Waals surface area contributed by atoms with Crippen LogP contribution in [0.25, 0.3) is 0 Å². The van der Waals surface area contributed by atoms with E-state index in [0.717, 1.165) is 11.0 Å². The Morgan fingerprint density at radius 3 is 2.47 bits per heavy atom. The molecule has 1 N–H and O–H groups in total. The predicted octanol–water partition coefficient (Wildman–Crippen LogP) is 3.87. The minimum atomic E-state index is 0.223. The highest BCUT2D eigenvalue weighted by Gasteiger charge is 2.02. The van der Waals surface area contributed by atoms with Crippen LogP contribution in [0.5, 0.6) is 0 Å². The van der Waals surface area contributed by atoms with E-state index in [1.54, 1.807) is 5.16 Å². The SMILES string of the molecule is CC(OCCI)c1ccccc1.N=C=S. The minimum Gasteiger partial charge on any atom is -0.373 e. The zero-order valence-electron chi connectivity index (χ0n) is 8.57. The van der Waals surface area contributed by atoms with Gasteiger partial charge in [-0.2, -0.15) is 0 Å². The van der Waals surface area contributed by atoms with E-state index in [2.05, 4.69) is 53.9 Å². The molecular weight excluding hydrogens is 321 g/mol. The van der Waals surface area contributed by atoms with Crippen LogP contribution in [0.15, 0.2) is 30.3 Å². The highest BCUT2D eigenvalue weighted by molar-refractivity contribution is 14.1. The molecule has 0 radical (unpaired) electrons. The summed E-state index contributed by atoms with van der Waals surface area (Å²) in [5, 5.41) is 7.36. The summed E-state index contributed by atoms with van der Waals surface area (Å²) >= 11 is 6.13. The number of hydrogen-bond donors (Lipinski definition) is 1. The summed E-state index contributed by atoms with van der Waals surface area (Å²) in [5.74, 6) is 0. The summed E-state index contributed by atoms with van der Waals surface area (Å²) in [6, 6.07) is 10.3. The fraction of sp³-hybridized carbons (Fsp3) is 0.364. The van der Waals surface area contributed by atoms with Gasteiger partial charge in [-0.3, -0.25) is 0 Å². The molecule has 0 aliphatic rings. The first-order valence-electron chi connectivity index (χ1n) is 4.52. The normalized spacial score (nSPS) is 10.8. The first-order chi connectivity index (χ1) is 7.26. The zero-order valence-corrected chi connectivity index (χ0v) is 11.5. The van der Waals surface area contributed by atoms with E-state index in [4.69, 9.17) is 10.1 Å². The first-order valence-corrected chi connectivity index (χ1v) is 6.46. The third-order valence-electron chi connectivity index (χ3n) is 1.71. The summed E-state index contributed by atoms with van der Waals surface area (Å²) in [6.45, 7) is 2.91. The Morgan fingerprint density at radius 1 is 1.47 bits per heavy atom. The maximum absolute atomic E-state index is 5.77. The molecular formula is C11H14INOS. The fourth-order valence-corrected chi connectivity index (χ4v) is 1.30. The van der Waals surface area contributed by atoms with Crippen LogP contribution in [0, 0.1) is 5.41 Å². The molecule has 0 spiro atoms. The van der Waals surface area contributed by atoms with Gasteiger partial charge in [-0.05, 0) is 24.7 Å². The van der Waals surface area contributed by atoms with Crippen LogP contribution in [-0.2, 0) is 4.74 Å². The van der Waals surface area contributed by atoms with Crippen LogP contribution in [0.2, 0.25) is 0 Å². The maximum atomic E-state index is 5.77. The number of ether oxygens (including phenoxy) is 1. The van der Waals surface area contributed by atoms with Crippen LogP contribution in [0.1, 0.15) is 18.6 Å². The number of hydrogen-bond acceptors (Lipinski definition) is 3. The lowest BCUT2D eigenvalue weighted by Crippen LogP contribution is -2.01. The van der Waals surface area contributed by atoms with E-state index < -0.39 is 0 Å². The molecule has 0 aromatic heterocycles. The predicted molar refractivity (Wildman–Crippen MR) is 75.0 cm³/mol. The monoisotopic (exact) mass is 335 g/mol. The van der Waals surface area contributed by atoms with Crippen LogP contribution >= 0.6 is 34.8 Å². The molecule has 1 aromatic carbocycles. The number of rotatable bonds is 4. The number of thiocarbonyl (C=S) groups is 1. The third kappa shape index (κ3) is 7.62. The summed E-state index contributed by atoms with van der Waals surface area (Å²) in [6.07, 6.45) is 0.223. The molecule has 0 aliphatic heterocycles. The van der Waals surface area contributed by atoms with Crippen molar-refractivity contribution < 1.29 is 4.74 Å². The molecule has 0 amide bonds. The fourth-order valence-electron chi connectivity index (χ4n) is 1.04. The van der Waals surface area contributed by atoms with Crippen LogP contribution in [-0.4, -0.2) is 16.2 Å². The number of isothiocyanates is 1. The number of alkyl halides is 1. The van der Waals surface area contributed by atoms with Crippen molar-refractivity contribution >= 4 is 40.0 Å². The van der Waals surface area contributed by atoms with Crippen molar-refractivity contribution in [2.75, 3.05) is 11.0 Å². The standard InChI is InChI=1S/C10H13IO.CHNS/c1-9(12-8-7-11)10-5-3-2-4-6-10;2-1-3/h2-6,9H,7-8H2,1H3;2H. The van der Waals surface area contributed by atoms with Crippen molar-refractivity contribution in [3.8, 4) is 0 Å². The Balaban J connectivity index is 0.000000583. The second kappa shape index (κ2) is 10.2. The van der Waals surface area contributed by atoms with Crippen molar-refractivity contribution in [2.24, 2.45) is 0 Å². The second-order valence-corrected chi connectivity index (χ2v) is 4.00. The molecule has 82 valence electrons. The van der Waals surface area contributed by atoms with Crippen molar-refractivity contribution in [1.82, 2.24) is 0 Å². The Labute approximate surface area is 110 Å². The van der Waals surface area contributed by atoms with Gasteiger partial charge >= 0.3 is 0 Å². The lowest BCUT2D eigenvalue weighted by atomic mass is 10.1. The molecule has 1 unspecified atom stereocenters. The Kier molecular flexibility index (Phi) is 10.0. The molecule has 0 fully saturated rings. The smallest absolute Gasteiger partial charge is 0.0797 e. The van der Waals surface area contributed by atoms with Crippen molar-refractivity contribution in [1.29, 1.82) is 5.41 Å². The third-order valence-corrected chi connectivity index (χ3v) is 2.15. The topological polar surface area (TPSA) is 33.1 Å². The largest absolute Gasteiger partial charge is 0.373 e. The molecule has 1 aromatic rings. The minimum absolute atomic E-state index is 0.223. The van der Waals surface area contributed by atoms with Gasteiger partial charge in [0.05, 0.1) is 17.9 Å². The Bertz CT molecular complexity index is 286. The van der Waals surface area contributed by atoms with E-state index in [0.29, 0.717) is 0 Å². The van der Waals surface area contributed by atoms with E-state index >= 15 is 0 Å². The van der Waals surface area contributed by atoms with Gasteiger partial charge in [0.15, 0.2) is 0 Å². The van der Waals surface area contributed by atoms with E-state index in [1.807, 2.05) is 18.2 Å². The van der Waals surface area contributed by atoms with E-state index in [9.17, 15) is 0 Å². The molecule has 0 saturated carbocycles. The molecule has 1 rings (SSSR count). The lowest BCUT2D eigenvalue weighted by molar-refractivity contribution is 0.0797. The molecule has 1 atom stereocenters. The summed E-state index contributed by atoms with van der Waals surface area (Å²) in [4.78, 5) is 0. The van der Waals surface area contributed by atoms with Gasteiger partial charge in [-0.1, -0.05) is 52.9 Å². The van der Waals surface area contributed by atoms with Gasteiger partial charge in [0, 0.05) is 4.43 Å². The average molecular weight is 335 g/mol. The molecule has 0 aliphatic carbocycles. The molecule has 0 bridgehead atoms.